The lowest BCUT2D eigenvalue weighted by Gasteiger charge is -2.22. The average molecular weight is 380 g/mol. The number of methoxy groups -OCH3 is 1. The molecule has 0 radical (unpaired) electrons. The van der Waals surface area contributed by atoms with E-state index < -0.39 is 0 Å². The van der Waals surface area contributed by atoms with Crippen molar-refractivity contribution in [3.63, 3.8) is 0 Å². The Bertz CT molecular complexity index is 681. The number of anilines is 1. The van der Waals surface area contributed by atoms with E-state index in [0.29, 0.717) is 24.8 Å². The predicted octanol–water partition coefficient (Wildman–Crippen LogP) is 1.67. The lowest BCUT2D eigenvalue weighted by Crippen LogP contribution is -2.38. The van der Waals surface area contributed by atoms with Crippen molar-refractivity contribution in [1.29, 1.82) is 0 Å². The maximum absolute atomic E-state index is 12.9. The van der Waals surface area contributed by atoms with E-state index >= 15 is 0 Å². The first kappa shape index (κ1) is 19.0. The zero-order valence-corrected chi connectivity index (χ0v) is 15.8. The Hall–Kier alpha value is -1.79. The van der Waals surface area contributed by atoms with Crippen LogP contribution in [-0.4, -0.2) is 49.5 Å². The molecular weight excluding hydrogens is 354 g/mol. The van der Waals surface area contributed by atoms with Gasteiger partial charge in [0.1, 0.15) is 5.75 Å². The molecule has 1 aromatic rings. The van der Waals surface area contributed by atoms with Gasteiger partial charge in [0.25, 0.3) is 0 Å². The van der Waals surface area contributed by atoms with Crippen LogP contribution in [0.2, 0.25) is 0 Å². The van der Waals surface area contributed by atoms with Crippen molar-refractivity contribution in [2.45, 2.75) is 25.3 Å². The minimum absolute atomic E-state index is 0. The van der Waals surface area contributed by atoms with Crippen LogP contribution < -0.4 is 15.4 Å². The van der Waals surface area contributed by atoms with E-state index in [9.17, 15) is 9.59 Å². The second-order valence-electron chi connectivity index (χ2n) is 7.51. The number of halogens is 1. The highest BCUT2D eigenvalue weighted by Crippen LogP contribution is 2.38. The van der Waals surface area contributed by atoms with Crippen LogP contribution in [0.3, 0.4) is 0 Å². The number of carbonyl (C=O) groups excluding carboxylic acids is 2. The molecule has 6 nitrogen and oxygen atoms in total. The molecule has 4 unspecified atom stereocenters. The first-order chi connectivity index (χ1) is 12.1. The van der Waals surface area contributed by atoms with Gasteiger partial charge in [0, 0.05) is 37.8 Å². The average Bonchev–Trinajstić information content (AvgIpc) is 3.31. The second kappa shape index (κ2) is 7.45. The number of likely N-dealkylation sites (tertiary alicyclic amines) is 1. The van der Waals surface area contributed by atoms with Crippen LogP contribution in [0.25, 0.3) is 0 Å². The van der Waals surface area contributed by atoms with Crippen molar-refractivity contribution in [3.05, 3.63) is 24.3 Å². The van der Waals surface area contributed by atoms with Crippen molar-refractivity contribution in [3.8, 4) is 5.75 Å². The number of amides is 2. The lowest BCUT2D eigenvalue weighted by atomic mass is 9.98. The fraction of sp³-hybridized carbons (Fsp3) is 0.579. The van der Waals surface area contributed by atoms with Gasteiger partial charge >= 0.3 is 0 Å². The summed E-state index contributed by atoms with van der Waals surface area (Å²) in [5.74, 6) is 1.63. The molecule has 2 heterocycles. The molecule has 2 N–H and O–H groups in total. The minimum Gasteiger partial charge on any atom is -0.497 e. The number of carbonyl (C=O) groups is 2. The third-order valence-electron chi connectivity index (χ3n) is 6.08. The Morgan fingerprint density at radius 1 is 1.15 bits per heavy atom. The number of benzene rings is 1. The van der Waals surface area contributed by atoms with Gasteiger partial charge in [-0.25, -0.2) is 0 Å². The number of ether oxygens (including phenoxy) is 1. The van der Waals surface area contributed by atoms with Gasteiger partial charge in [-0.3, -0.25) is 9.59 Å². The van der Waals surface area contributed by atoms with Gasteiger partial charge in [-0.2, -0.15) is 0 Å². The van der Waals surface area contributed by atoms with Crippen LogP contribution in [0.4, 0.5) is 5.69 Å². The summed E-state index contributed by atoms with van der Waals surface area (Å²) in [7, 11) is 1.61. The van der Waals surface area contributed by atoms with Gasteiger partial charge < -0.3 is 20.3 Å². The molecule has 2 aliphatic heterocycles. The molecule has 0 bridgehead atoms. The van der Waals surface area contributed by atoms with E-state index in [0.717, 1.165) is 37.4 Å². The van der Waals surface area contributed by atoms with Gasteiger partial charge in [0.2, 0.25) is 11.8 Å². The third kappa shape index (κ3) is 3.28. The molecule has 4 atom stereocenters. The van der Waals surface area contributed by atoms with E-state index in [2.05, 4.69) is 0 Å². The quantitative estimate of drug-likeness (QED) is 0.866. The van der Waals surface area contributed by atoms with E-state index in [1.165, 1.54) is 0 Å². The van der Waals surface area contributed by atoms with Crippen molar-refractivity contribution < 1.29 is 14.3 Å². The maximum Gasteiger partial charge on any atom is 0.228 e. The summed E-state index contributed by atoms with van der Waals surface area (Å²) in [4.78, 5) is 29.0. The summed E-state index contributed by atoms with van der Waals surface area (Å²) < 4.78 is 5.16. The van der Waals surface area contributed by atoms with Crippen LogP contribution in [0.5, 0.6) is 5.75 Å². The Morgan fingerprint density at radius 3 is 2.54 bits per heavy atom. The molecule has 3 fully saturated rings. The highest BCUT2D eigenvalue weighted by atomic mass is 35.5. The van der Waals surface area contributed by atoms with Gasteiger partial charge in [-0.05, 0) is 48.9 Å². The monoisotopic (exact) mass is 379 g/mol. The molecule has 142 valence electrons. The Morgan fingerprint density at radius 2 is 1.88 bits per heavy atom. The molecule has 1 aliphatic carbocycles. The standard InChI is InChI=1S/C19H25N3O3.ClH/c1-25-15-5-3-14(4-6-15)22-10-13(8-18(22)23)19(24)21-9-12-2-7-17(20)16(12)11-21;/h3-6,12-13,16-17H,2,7-11,20H2,1H3;1H. The van der Waals surface area contributed by atoms with Crippen molar-refractivity contribution in [1.82, 2.24) is 4.90 Å². The summed E-state index contributed by atoms with van der Waals surface area (Å²) >= 11 is 0. The molecular formula is C19H26ClN3O3. The van der Waals surface area contributed by atoms with Gasteiger partial charge in [0.05, 0.1) is 13.0 Å². The van der Waals surface area contributed by atoms with Crippen molar-refractivity contribution in [2.24, 2.45) is 23.5 Å². The Kier molecular flexibility index (Phi) is 5.44. The molecule has 3 aliphatic rings. The predicted molar refractivity (Wildman–Crippen MR) is 101 cm³/mol. The SMILES string of the molecule is COc1ccc(N2CC(C(=O)N3CC4CCC(N)C4C3)CC2=O)cc1.Cl. The lowest BCUT2D eigenvalue weighted by molar-refractivity contribution is -0.135. The molecule has 1 aromatic carbocycles. The van der Waals surface area contributed by atoms with Crippen LogP contribution in [0.15, 0.2) is 24.3 Å². The third-order valence-corrected chi connectivity index (χ3v) is 6.08. The topological polar surface area (TPSA) is 75.9 Å². The van der Waals surface area contributed by atoms with Gasteiger partial charge in [-0.15, -0.1) is 12.4 Å². The fourth-order valence-electron chi connectivity index (χ4n) is 4.63. The first-order valence-corrected chi connectivity index (χ1v) is 9.05. The highest BCUT2D eigenvalue weighted by molar-refractivity contribution is 6.00. The smallest absolute Gasteiger partial charge is 0.228 e. The first-order valence-electron chi connectivity index (χ1n) is 9.05. The molecule has 2 amide bonds. The summed E-state index contributed by atoms with van der Waals surface area (Å²) in [5, 5.41) is 0. The molecule has 1 saturated carbocycles. The number of hydrogen-bond donors (Lipinski definition) is 1. The van der Waals surface area contributed by atoms with Crippen molar-refractivity contribution >= 4 is 29.9 Å². The van der Waals surface area contributed by atoms with Crippen LogP contribution in [0, 0.1) is 17.8 Å². The maximum atomic E-state index is 12.9. The van der Waals surface area contributed by atoms with Gasteiger partial charge in [-0.1, -0.05) is 0 Å². The summed E-state index contributed by atoms with van der Waals surface area (Å²) in [5.41, 5.74) is 6.99. The molecule has 0 spiro atoms. The van der Waals surface area contributed by atoms with E-state index in [1.807, 2.05) is 29.2 Å². The Balaban J connectivity index is 0.00000196. The van der Waals surface area contributed by atoms with E-state index in [-0.39, 0.29) is 36.2 Å². The number of nitrogens with two attached hydrogens (primary N) is 1. The molecule has 7 heteroatoms. The second-order valence-corrected chi connectivity index (χ2v) is 7.51. The fourth-order valence-corrected chi connectivity index (χ4v) is 4.63. The van der Waals surface area contributed by atoms with Crippen LogP contribution >= 0.6 is 12.4 Å². The zero-order valence-electron chi connectivity index (χ0n) is 15.0. The molecule has 4 rings (SSSR count). The zero-order chi connectivity index (χ0) is 17.6. The van der Waals surface area contributed by atoms with Crippen LogP contribution in [0.1, 0.15) is 19.3 Å². The number of rotatable bonds is 3. The summed E-state index contributed by atoms with van der Waals surface area (Å²) in [6, 6.07) is 7.62. The molecule has 26 heavy (non-hydrogen) atoms. The number of nitrogens with zero attached hydrogens (tertiary/aromatic N) is 2. The molecule has 2 saturated heterocycles. The highest BCUT2D eigenvalue weighted by Gasteiger charge is 2.45. The molecule has 0 aromatic heterocycles. The van der Waals surface area contributed by atoms with Gasteiger partial charge in [0.15, 0.2) is 0 Å². The van der Waals surface area contributed by atoms with E-state index in [4.69, 9.17) is 10.5 Å². The summed E-state index contributed by atoms with van der Waals surface area (Å²) in [6.45, 7) is 2.03. The summed E-state index contributed by atoms with van der Waals surface area (Å²) in [6.07, 6.45) is 2.49. The normalized spacial score (nSPS) is 30.3. The Labute approximate surface area is 160 Å². The largest absolute Gasteiger partial charge is 0.497 e. The van der Waals surface area contributed by atoms with E-state index in [1.54, 1.807) is 12.0 Å². The number of fused-ring (bicyclic) bond motifs is 1. The minimum atomic E-state index is -0.246. The van der Waals surface area contributed by atoms with Crippen molar-refractivity contribution in [2.75, 3.05) is 31.6 Å². The number of hydrogen-bond acceptors (Lipinski definition) is 4. The van der Waals surface area contributed by atoms with Crippen LogP contribution in [-0.2, 0) is 9.59 Å².